The van der Waals surface area contributed by atoms with Crippen molar-refractivity contribution in [1.82, 2.24) is 15.5 Å². The minimum absolute atomic E-state index is 0.143. The first-order valence-corrected chi connectivity index (χ1v) is 7.31. The molecule has 3 rings (SSSR count). The molecule has 0 unspecified atom stereocenters. The molecule has 3 N–H and O–H groups in total. The number of aliphatic hydroxyl groups is 1. The molecule has 0 fully saturated rings. The van der Waals surface area contributed by atoms with Gasteiger partial charge >= 0.3 is 0 Å². The molecule has 6 heteroatoms. The number of nitrogens with one attached hydrogen (secondary N) is 2. The number of carbonyl (C=O) groups is 1. The van der Waals surface area contributed by atoms with Gasteiger partial charge in [0.25, 0.3) is 5.91 Å². The first-order valence-electron chi connectivity index (χ1n) is 7.31. The number of furan rings is 1. The molecule has 0 aliphatic carbocycles. The zero-order valence-electron chi connectivity index (χ0n) is 12.4. The largest absolute Gasteiger partial charge is 0.463 e. The van der Waals surface area contributed by atoms with E-state index in [4.69, 9.17) is 4.42 Å². The molecular formula is C17H17N3O3. The maximum absolute atomic E-state index is 12.3. The van der Waals surface area contributed by atoms with Crippen LogP contribution in [0.2, 0.25) is 0 Å². The Morgan fingerprint density at radius 1 is 1.26 bits per heavy atom. The third kappa shape index (κ3) is 3.67. The van der Waals surface area contributed by atoms with Crippen LogP contribution in [0.3, 0.4) is 0 Å². The second kappa shape index (κ2) is 6.93. The first kappa shape index (κ1) is 15.1. The normalized spacial score (nSPS) is 12.0. The summed E-state index contributed by atoms with van der Waals surface area (Å²) in [4.78, 5) is 12.3. The summed E-state index contributed by atoms with van der Waals surface area (Å²) in [5.74, 6) is 0.272. The summed E-state index contributed by atoms with van der Waals surface area (Å²) in [6.07, 6.45) is 2.11. The third-order valence-corrected chi connectivity index (χ3v) is 3.48. The van der Waals surface area contributed by atoms with Crippen LogP contribution in [0, 0.1) is 0 Å². The minimum Gasteiger partial charge on any atom is -0.463 e. The molecule has 0 aliphatic heterocycles. The fourth-order valence-electron chi connectivity index (χ4n) is 2.32. The van der Waals surface area contributed by atoms with E-state index >= 15 is 0 Å². The Balaban J connectivity index is 1.65. The molecule has 23 heavy (non-hydrogen) atoms. The Kier molecular flexibility index (Phi) is 4.54. The molecule has 0 bridgehead atoms. The maximum Gasteiger partial charge on any atom is 0.272 e. The van der Waals surface area contributed by atoms with Gasteiger partial charge in [0, 0.05) is 6.07 Å². The number of aromatic nitrogens is 2. The number of aromatic amines is 1. The SMILES string of the molecule is O=C(N[C@H](CO)Cc1ccccc1)c1cc(-c2ccco2)[nH]n1. The average Bonchev–Trinajstić information content (AvgIpc) is 3.26. The third-order valence-electron chi connectivity index (χ3n) is 3.48. The minimum atomic E-state index is -0.367. The van der Waals surface area contributed by atoms with E-state index in [1.54, 1.807) is 24.5 Å². The topological polar surface area (TPSA) is 91.1 Å². The molecule has 0 spiro atoms. The lowest BCUT2D eigenvalue weighted by molar-refractivity contribution is 0.0911. The van der Waals surface area contributed by atoms with Crippen LogP contribution in [0.15, 0.2) is 59.2 Å². The van der Waals surface area contributed by atoms with Gasteiger partial charge in [0.15, 0.2) is 11.5 Å². The molecule has 1 atom stereocenters. The summed E-state index contributed by atoms with van der Waals surface area (Å²) >= 11 is 0. The van der Waals surface area contributed by atoms with Crippen LogP contribution in [0.4, 0.5) is 0 Å². The van der Waals surface area contributed by atoms with Crippen LogP contribution in [0.25, 0.3) is 11.5 Å². The van der Waals surface area contributed by atoms with Gasteiger partial charge in [-0.3, -0.25) is 9.89 Å². The second-order valence-corrected chi connectivity index (χ2v) is 5.19. The monoisotopic (exact) mass is 311 g/mol. The van der Waals surface area contributed by atoms with Crippen LogP contribution >= 0.6 is 0 Å². The lowest BCUT2D eigenvalue weighted by atomic mass is 10.1. The van der Waals surface area contributed by atoms with E-state index in [0.29, 0.717) is 17.9 Å². The Morgan fingerprint density at radius 2 is 2.09 bits per heavy atom. The van der Waals surface area contributed by atoms with Crippen LogP contribution in [0.1, 0.15) is 16.1 Å². The standard InChI is InChI=1S/C17H17N3O3/c21-11-13(9-12-5-2-1-3-6-12)18-17(22)15-10-14(19-20-15)16-7-4-8-23-16/h1-8,10,13,21H,9,11H2,(H,18,22)(H,19,20)/t13-/m0/s1. The number of amides is 1. The van der Waals surface area contributed by atoms with E-state index in [2.05, 4.69) is 15.5 Å². The van der Waals surface area contributed by atoms with E-state index in [9.17, 15) is 9.90 Å². The number of aliphatic hydroxyl groups excluding tert-OH is 1. The summed E-state index contributed by atoms with van der Waals surface area (Å²) < 4.78 is 5.25. The highest BCUT2D eigenvalue weighted by molar-refractivity contribution is 5.93. The molecule has 3 aromatic rings. The summed E-state index contributed by atoms with van der Waals surface area (Å²) in [7, 11) is 0. The number of hydrogen-bond donors (Lipinski definition) is 3. The van der Waals surface area contributed by atoms with Crippen molar-refractivity contribution < 1.29 is 14.3 Å². The Labute approximate surface area is 133 Å². The second-order valence-electron chi connectivity index (χ2n) is 5.19. The van der Waals surface area contributed by atoms with E-state index < -0.39 is 0 Å². The van der Waals surface area contributed by atoms with Crippen molar-refractivity contribution in [1.29, 1.82) is 0 Å². The summed E-state index contributed by atoms with van der Waals surface area (Å²) in [6, 6.07) is 14.5. The number of benzene rings is 1. The van der Waals surface area contributed by atoms with Gasteiger partial charge in [0.05, 0.1) is 18.9 Å². The Hall–Kier alpha value is -2.86. The van der Waals surface area contributed by atoms with Crippen LogP contribution in [0.5, 0.6) is 0 Å². The van der Waals surface area contributed by atoms with Crippen molar-refractivity contribution in [2.45, 2.75) is 12.5 Å². The van der Waals surface area contributed by atoms with Crippen LogP contribution < -0.4 is 5.32 Å². The molecular weight excluding hydrogens is 294 g/mol. The molecule has 0 aliphatic rings. The van der Waals surface area contributed by atoms with E-state index in [0.717, 1.165) is 5.56 Å². The van der Waals surface area contributed by atoms with Crippen molar-refractivity contribution in [2.75, 3.05) is 6.61 Å². The van der Waals surface area contributed by atoms with E-state index in [-0.39, 0.29) is 24.2 Å². The highest BCUT2D eigenvalue weighted by Crippen LogP contribution is 2.17. The quantitative estimate of drug-likeness (QED) is 0.649. The number of nitrogens with zero attached hydrogens (tertiary/aromatic N) is 1. The van der Waals surface area contributed by atoms with Crippen molar-refractivity contribution >= 4 is 5.91 Å². The van der Waals surface area contributed by atoms with Crippen LogP contribution in [-0.2, 0) is 6.42 Å². The highest BCUT2D eigenvalue weighted by Gasteiger charge is 2.17. The van der Waals surface area contributed by atoms with Gasteiger partial charge in [-0.2, -0.15) is 5.10 Å². The molecule has 1 amide bonds. The molecule has 0 radical (unpaired) electrons. The fraction of sp³-hybridized carbons (Fsp3) is 0.176. The van der Waals surface area contributed by atoms with Gasteiger partial charge in [0.2, 0.25) is 0 Å². The van der Waals surface area contributed by atoms with Gasteiger partial charge in [-0.05, 0) is 24.1 Å². The molecule has 0 saturated carbocycles. The van der Waals surface area contributed by atoms with Gasteiger partial charge in [-0.1, -0.05) is 30.3 Å². The molecule has 2 aromatic heterocycles. The number of hydrogen-bond acceptors (Lipinski definition) is 4. The maximum atomic E-state index is 12.3. The lowest BCUT2D eigenvalue weighted by Gasteiger charge is -2.15. The molecule has 118 valence electrons. The predicted molar refractivity (Wildman–Crippen MR) is 84.8 cm³/mol. The van der Waals surface area contributed by atoms with Crippen molar-refractivity contribution in [2.24, 2.45) is 0 Å². The van der Waals surface area contributed by atoms with Crippen molar-refractivity contribution in [3.8, 4) is 11.5 Å². The molecule has 6 nitrogen and oxygen atoms in total. The summed E-state index contributed by atoms with van der Waals surface area (Å²) in [5, 5.41) is 19.0. The first-order chi connectivity index (χ1) is 11.3. The Bertz CT molecular complexity index is 751. The molecule has 1 aromatic carbocycles. The predicted octanol–water partition coefficient (Wildman–Crippen LogP) is 2.00. The van der Waals surface area contributed by atoms with E-state index in [1.165, 1.54) is 0 Å². The van der Waals surface area contributed by atoms with Gasteiger partial charge in [-0.25, -0.2) is 0 Å². The number of H-pyrrole nitrogens is 1. The zero-order chi connectivity index (χ0) is 16.1. The molecule has 0 saturated heterocycles. The average molecular weight is 311 g/mol. The van der Waals surface area contributed by atoms with Gasteiger partial charge in [0.1, 0.15) is 5.69 Å². The summed E-state index contributed by atoms with van der Waals surface area (Å²) in [5.41, 5.74) is 1.93. The fourth-order valence-corrected chi connectivity index (χ4v) is 2.32. The smallest absolute Gasteiger partial charge is 0.272 e. The number of rotatable bonds is 6. The van der Waals surface area contributed by atoms with Gasteiger partial charge in [-0.15, -0.1) is 0 Å². The van der Waals surface area contributed by atoms with Crippen molar-refractivity contribution in [3.63, 3.8) is 0 Å². The highest BCUT2D eigenvalue weighted by atomic mass is 16.3. The van der Waals surface area contributed by atoms with Gasteiger partial charge < -0.3 is 14.8 Å². The lowest BCUT2D eigenvalue weighted by Crippen LogP contribution is -2.39. The van der Waals surface area contributed by atoms with E-state index in [1.807, 2.05) is 30.3 Å². The zero-order valence-corrected chi connectivity index (χ0v) is 12.4. The number of carbonyl (C=O) groups excluding carboxylic acids is 1. The molecule has 2 heterocycles. The van der Waals surface area contributed by atoms with Crippen molar-refractivity contribution in [3.05, 3.63) is 66.1 Å². The van der Waals surface area contributed by atoms with Crippen LogP contribution in [-0.4, -0.2) is 33.9 Å². The summed E-state index contributed by atoms with van der Waals surface area (Å²) in [6.45, 7) is -0.143. The Morgan fingerprint density at radius 3 is 2.78 bits per heavy atom.